The van der Waals surface area contributed by atoms with E-state index in [0.717, 1.165) is 57.8 Å². The van der Waals surface area contributed by atoms with Gasteiger partial charge in [0.2, 0.25) is 12.3 Å². The number of nitrogens with zero attached hydrogens (tertiary/aromatic N) is 3. The number of para-hydroxylation sites is 1. The van der Waals surface area contributed by atoms with Crippen molar-refractivity contribution in [1.82, 2.24) is 9.80 Å². The van der Waals surface area contributed by atoms with E-state index in [9.17, 15) is 9.59 Å². The summed E-state index contributed by atoms with van der Waals surface area (Å²) in [6, 6.07) is 8.15. The highest BCUT2D eigenvalue weighted by atomic mass is 16.2. The normalized spacial score (nSPS) is 18.7. The zero-order chi connectivity index (χ0) is 14.7. The summed E-state index contributed by atoms with van der Waals surface area (Å²) in [5, 5.41) is 0. The number of benzene rings is 1. The lowest BCUT2D eigenvalue weighted by Crippen LogP contribution is -2.46. The zero-order valence-corrected chi connectivity index (χ0v) is 12.2. The van der Waals surface area contributed by atoms with E-state index in [1.54, 1.807) is 4.90 Å². The molecule has 1 saturated heterocycles. The highest BCUT2D eigenvalue weighted by Crippen LogP contribution is 2.27. The fourth-order valence-corrected chi connectivity index (χ4v) is 3.08. The molecule has 1 aromatic carbocycles. The minimum absolute atomic E-state index is 0.206. The maximum absolute atomic E-state index is 12.4. The fourth-order valence-electron chi connectivity index (χ4n) is 3.08. The molecule has 1 fully saturated rings. The molecule has 0 aromatic heterocycles. The van der Waals surface area contributed by atoms with E-state index >= 15 is 0 Å². The van der Waals surface area contributed by atoms with Crippen LogP contribution in [0, 0.1) is 0 Å². The van der Waals surface area contributed by atoms with Gasteiger partial charge < -0.3 is 9.80 Å². The van der Waals surface area contributed by atoms with E-state index in [0.29, 0.717) is 6.42 Å². The predicted molar refractivity (Wildman–Crippen MR) is 81.2 cm³/mol. The molecule has 0 aliphatic carbocycles. The zero-order valence-electron chi connectivity index (χ0n) is 12.2. The standard InChI is InChI=1S/C16H21N3O2/c20-13-18-11-9-17(10-12-18)7-6-16(21)19-8-5-14-3-1-2-4-15(14)19/h1-4,13H,5-12H2. The molecular weight excluding hydrogens is 266 g/mol. The van der Waals surface area contributed by atoms with Gasteiger partial charge in [-0.25, -0.2) is 0 Å². The van der Waals surface area contributed by atoms with Gasteiger partial charge in [0, 0.05) is 51.4 Å². The van der Waals surface area contributed by atoms with Crippen LogP contribution in [0.25, 0.3) is 0 Å². The first-order chi connectivity index (χ1) is 10.3. The molecule has 2 heterocycles. The molecule has 0 saturated carbocycles. The molecular formula is C16H21N3O2. The quantitative estimate of drug-likeness (QED) is 0.767. The Hall–Kier alpha value is -1.88. The molecule has 2 aliphatic rings. The fraction of sp³-hybridized carbons (Fsp3) is 0.500. The summed E-state index contributed by atoms with van der Waals surface area (Å²) < 4.78 is 0. The third-order valence-corrected chi connectivity index (χ3v) is 4.39. The van der Waals surface area contributed by atoms with Crippen LogP contribution in [0.2, 0.25) is 0 Å². The number of hydrogen-bond acceptors (Lipinski definition) is 3. The van der Waals surface area contributed by atoms with Crippen LogP contribution >= 0.6 is 0 Å². The van der Waals surface area contributed by atoms with E-state index in [2.05, 4.69) is 11.0 Å². The third-order valence-electron chi connectivity index (χ3n) is 4.39. The molecule has 0 bridgehead atoms. The van der Waals surface area contributed by atoms with Crippen molar-refractivity contribution in [2.24, 2.45) is 0 Å². The van der Waals surface area contributed by atoms with Gasteiger partial charge in [-0.3, -0.25) is 14.5 Å². The second-order valence-corrected chi connectivity index (χ2v) is 5.66. The van der Waals surface area contributed by atoms with E-state index in [-0.39, 0.29) is 5.91 Å². The first kappa shape index (κ1) is 14.1. The van der Waals surface area contributed by atoms with Gasteiger partial charge in [-0.2, -0.15) is 0 Å². The lowest BCUT2D eigenvalue weighted by molar-refractivity contribution is -0.121. The molecule has 0 spiro atoms. The van der Waals surface area contributed by atoms with Gasteiger partial charge in [0.15, 0.2) is 0 Å². The topological polar surface area (TPSA) is 43.9 Å². The second-order valence-electron chi connectivity index (χ2n) is 5.66. The van der Waals surface area contributed by atoms with Gasteiger partial charge >= 0.3 is 0 Å². The molecule has 112 valence electrons. The highest BCUT2D eigenvalue weighted by molar-refractivity contribution is 5.95. The molecule has 0 unspecified atom stereocenters. The van der Waals surface area contributed by atoms with Crippen LogP contribution in [0.5, 0.6) is 0 Å². The first-order valence-electron chi connectivity index (χ1n) is 7.58. The highest BCUT2D eigenvalue weighted by Gasteiger charge is 2.24. The van der Waals surface area contributed by atoms with Crippen molar-refractivity contribution in [2.75, 3.05) is 44.2 Å². The summed E-state index contributed by atoms with van der Waals surface area (Å²) in [7, 11) is 0. The van der Waals surface area contributed by atoms with Gasteiger partial charge in [0.25, 0.3) is 0 Å². The molecule has 0 radical (unpaired) electrons. The van der Waals surface area contributed by atoms with Crippen molar-refractivity contribution >= 4 is 18.0 Å². The molecule has 5 heteroatoms. The second kappa shape index (κ2) is 6.26. The lowest BCUT2D eigenvalue weighted by atomic mass is 10.2. The van der Waals surface area contributed by atoms with Crippen LogP contribution in [0.4, 0.5) is 5.69 Å². The average molecular weight is 287 g/mol. The predicted octanol–water partition coefficient (Wildman–Crippen LogP) is 0.740. The molecule has 2 amide bonds. The minimum atomic E-state index is 0.206. The van der Waals surface area contributed by atoms with Gasteiger partial charge in [-0.15, -0.1) is 0 Å². The number of carbonyl (C=O) groups is 2. The Morgan fingerprint density at radius 2 is 1.86 bits per heavy atom. The number of fused-ring (bicyclic) bond motifs is 1. The number of carbonyl (C=O) groups excluding carboxylic acids is 2. The minimum Gasteiger partial charge on any atom is -0.343 e. The summed E-state index contributed by atoms with van der Waals surface area (Å²) >= 11 is 0. The van der Waals surface area contributed by atoms with Crippen LogP contribution in [0.15, 0.2) is 24.3 Å². The van der Waals surface area contributed by atoms with Crippen molar-refractivity contribution in [3.63, 3.8) is 0 Å². The first-order valence-corrected chi connectivity index (χ1v) is 7.58. The molecule has 5 nitrogen and oxygen atoms in total. The summed E-state index contributed by atoms with van der Waals surface area (Å²) in [6.45, 7) is 4.85. The van der Waals surface area contributed by atoms with Gasteiger partial charge in [-0.05, 0) is 18.1 Å². The molecule has 3 rings (SSSR count). The van der Waals surface area contributed by atoms with Crippen LogP contribution < -0.4 is 4.90 Å². The van der Waals surface area contributed by atoms with Gasteiger partial charge in [-0.1, -0.05) is 18.2 Å². The number of rotatable bonds is 4. The van der Waals surface area contributed by atoms with Crippen LogP contribution in [-0.4, -0.2) is 61.4 Å². The molecule has 0 N–H and O–H groups in total. The van der Waals surface area contributed by atoms with E-state index in [1.165, 1.54) is 5.56 Å². The number of amides is 2. The maximum Gasteiger partial charge on any atom is 0.228 e. The van der Waals surface area contributed by atoms with Crippen molar-refractivity contribution in [3.05, 3.63) is 29.8 Å². The number of piperazine rings is 1. The Morgan fingerprint density at radius 3 is 2.62 bits per heavy atom. The molecule has 21 heavy (non-hydrogen) atoms. The Morgan fingerprint density at radius 1 is 1.10 bits per heavy atom. The summed E-state index contributed by atoms with van der Waals surface area (Å²) in [5.74, 6) is 0.206. The van der Waals surface area contributed by atoms with Crippen molar-refractivity contribution in [1.29, 1.82) is 0 Å². The number of hydrogen-bond donors (Lipinski definition) is 0. The molecule has 2 aliphatic heterocycles. The van der Waals surface area contributed by atoms with E-state index in [4.69, 9.17) is 0 Å². The van der Waals surface area contributed by atoms with Crippen LogP contribution in [-0.2, 0) is 16.0 Å². The molecule has 0 atom stereocenters. The Balaban J connectivity index is 1.51. The maximum atomic E-state index is 12.4. The lowest BCUT2D eigenvalue weighted by Gasteiger charge is -2.32. The summed E-state index contributed by atoms with van der Waals surface area (Å²) in [5.41, 5.74) is 2.35. The Labute approximate surface area is 125 Å². The molecule has 1 aromatic rings. The third kappa shape index (κ3) is 3.08. The van der Waals surface area contributed by atoms with Gasteiger partial charge in [0.1, 0.15) is 0 Å². The monoisotopic (exact) mass is 287 g/mol. The smallest absolute Gasteiger partial charge is 0.228 e. The van der Waals surface area contributed by atoms with E-state index in [1.807, 2.05) is 23.1 Å². The van der Waals surface area contributed by atoms with Crippen molar-refractivity contribution in [2.45, 2.75) is 12.8 Å². The summed E-state index contributed by atoms with van der Waals surface area (Å²) in [4.78, 5) is 29.0. The Bertz CT molecular complexity index is 524. The van der Waals surface area contributed by atoms with Crippen molar-refractivity contribution in [3.8, 4) is 0 Å². The van der Waals surface area contributed by atoms with Gasteiger partial charge in [0.05, 0.1) is 0 Å². The largest absolute Gasteiger partial charge is 0.343 e. The SMILES string of the molecule is O=CN1CCN(CCC(=O)N2CCc3ccccc32)CC1. The van der Waals surface area contributed by atoms with Crippen molar-refractivity contribution < 1.29 is 9.59 Å². The Kier molecular flexibility index (Phi) is 4.20. The summed E-state index contributed by atoms with van der Waals surface area (Å²) in [6.07, 6.45) is 2.42. The average Bonchev–Trinajstić information content (AvgIpc) is 2.97. The number of anilines is 1. The van der Waals surface area contributed by atoms with Crippen LogP contribution in [0.1, 0.15) is 12.0 Å². The van der Waals surface area contributed by atoms with Crippen LogP contribution in [0.3, 0.4) is 0 Å². The van der Waals surface area contributed by atoms with E-state index < -0.39 is 0 Å².